The maximum Gasteiger partial charge on any atom is 0.310 e. The zero-order valence-corrected chi connectivity index (χ0v) is 20.6. The van der Waals surface area contributed by atoms with Crippen LogP contribution in [0, 0.1) is 5.92 Å². The van der Waals surface area contributed by atoms with E-state index in [1.165, 1.54) is 11.0 Å². The monoisotopic (exact) mass is 511 g/mol. The highest BCUT2D eigenvalue weighted by Gasteiger charge is 2.30. The summed E-state index contributed by atoms with van der Waals surface area (Å²) in [4.78, 5) is 27.6. The van der Waals surface area contributed by atoms with Crippen molar-refractivity contribution in [1.82, 2.24) is 29.7 Å². The average molecular weight is 512 g/mol. The molecule has 2 fully saturated rings. The first kappa shape index (κ1) is 24.8. The predicted octanol–water partition coefficient (Wildman–Crippen LogP) is 2.10. The van der Waals surface area contributed by atoms with E-state index in [0.717, 1.165) is 25.1 Å². The summed E-state index contributed by atoms with van der Waals surface area (Å²) < 4.78 is 25.8. The van der Waals surface area contributed by atoms with Crippen LogP contribution in [-0.2, 0) is 14.3 Å². The number of anilines is 4. The molecule has 0 bridgehead atoms. The fourth-order valence-corrected chi connectivity index (χ4v) is 4.59. The number of nitrogen functional groups attached to an aromatic ring is 1. The van der Waals surface area contributed by atoms with Crippen molar-refractivity contribution in [2.45, 2.75) is 26.1 Å². The second kappa shape index (κ2) is 11.0. The van der Waals surface area contributed by atoms with Gasteiger partial charge in [0, 0.05) is 25.7 Å². The molecule has 12 nitrogen and oxygen atoms in total. The van der Waals surface area contributed by atoms with Gasteiger partial charge in [-0.05, 0) is 31.9 Å². The standard InChI is InChI=1S/C24H30FN9O3/c1-2-36-22(35)17-7-6-10-31(14-17)20-13-21(28-16-27-20)33-23(26)29-24(30-33)34(18-8-4-3-5-9-18)32-11-12-37-19(25)15-32/h3-5,8-9,13,16-17,19H,2,6-7,10-12,14-15H2,1H3,(H2,26,29,30). The number of hydrogen-bond acceptors (Lipinski definition) is 11. The number of piperidine rings is 1. The summed E-state index contributed by atoms with van der Waals surface area (Å²) in [7, 11) is 0. The minimum Gasteiger partial charge on any atom is -0.466 e. The molecule has 2 aromatic heterocycles. The molecule has 5 rings (SSSR count). The van der Waals surface area contributed by atoms with E-state index in [0.29, 0.717) is 31.3 Å². The second-order valence-corrected chi connectivity index (χ2v) is 8.79. The third-order valence-electron chi connectivity index (χ3n) is 6.32. The molecule has 4 heterocycles. The van der Waals surface area contributed by atoms with Gasteiger partial charge in [-0.2, -0.15) is 9.67 Å². The zero-order valence-electron chi connectivity index (χ0n) is 20.6. The molecule has 2 aliphatic heterocycles. The average Bonchev–Trinajstić information content (AvgIpc) is 3.30. The van der Waals surface area contributed by atoms with Gasteiger partial charge in [-0.3, -0.25) is 4.79 Å². The number of hydrogen-bond donors (Lipinski definition) is 1. The minimum atomic E-state index is -1.42. The van der Waals surface area contributed by atoms with Gasteiger partial charge in [0.1, 0.15) is 12.1 Å². The Balaban J connectivity index is 1.43. The highest BCUT2D eigenvalue weighted by Crippen LogP contribution is 2.29. The van der Waals surface area contributed by atoms with Crippen LogP contribution in [0.5, 0.6) is 0 Å². The lowest BCUT2D eigenvalue weighted by molar-refractivity contribution is -0.148. The molecule has 2 aliphatic rings. The smallest absolute Gasteiger partial charge is 0.310 e. The summed E-state index contributed by atoms with van der Waals surface area (Å²) in [6.45, 7) is 4.15. The Labute approximate surface area is 213 Å². The number of aromatic nitrogens is 5. The number of alkyl halides is 1. The highest BCUT2D eigenvalue weighted by molar-refractivity contribution is 5.73. The Hall–Kier alpha value is -3.84. The van der Waals surface area contributed by atoms with Crippen LogP contribution in [0.4, 0.5) is 27.8 Å². The molecule has 0 aliphatic carbocycles. The van der Waals surface area contributed by atoms with Gasteiger partial charge >= 0.3 is 5.97 Å². The number of para-hydroxylation sites is 1. The largest absolute Gasteiger partial charge is 0.466 e. The van der Waals surface area contributed by atoms with Crippen molar-refractivity contribution in [3.63, 3.8) is 0 Å². The number of nitrogens with zero attached hydrogens (tertiary/aromatic N) is 8. The molecule has 0 spiro atoms. The Morgan fingerprint density at radius 2 is 2.03 bits per heavy atom. The third-order valence-corrected chi connectivity index (χ3v) is 6.32. The van der Waals surface area contributed by atoms with Gasteiger partial charge in [0.05, 0.1) is 31.4 Å². The van der Waals surface area contributed by atoms with Crippen LogP contribution in [0.15, 0.2) is 42.7 Å². The molecule has 2 saturated heterocycles. The van der Waals surface area contributed by atoms with E-state index in [9.17, 15) is 9.18 Å². The van der Waals surface area contributed by atoms with Crippen molar-refractivity contribution in [3.8, 4) is 5.82 Å². The van der Waals surface area contributed by atoms with Crippen molar-refractivity contribution in [1.29, 1.82) is 0 Å². The van der Waals surface area contributed by atoms with Crippen LogP contribution < -0.4 is 15.6 Å². The lowest BCUT2D eigenvalue weighted by Crippen LogP contribution is -2.49. The molecule has 13 heteroatoms. The van der Waals surface area contributed by atoms with Gasteiger partial charge < -0.3 is 20.1 Å². The molecule has 3 aromatic rings. The molecule has 196 valence electrons. The maximum atomic E-state index is 14.1. The Bertz CT molecular complexity index is 1210. The normalized spacial score (nSPS) is 20.5. The van der Waals surface area contributed by atoms with Gasteiger partial charge in [0.25, 0.3) is 5.95 Å². The van der Waals surface area contributed by atoms with E-state index in [2.05, 4.69) is 20.1 Å². The molecule has 2 atom stereocenters. The minimum absolute atomic E-state index is 0.0254. The third kappa shape index (κ3) is 5.47. The van der Waals surface area contributed by atoms with E-state index in [-0.39, 0.29) is 36.9 Å². The summed E-state index contributed by atoms with van der Waals surface area (Å²) in [6.07, 6.45) is 1.64. The first-order chi connectivity index (χ1) is 18.0. The molecule has 0 saturated carbocycles. The van der Waals surface area contributed by atoms with Crippen molar-refractivity contribution >= 4 is 29.4 Å². The molecule has 1 aromatic carbocycles. The van der Waals surface area contributed by atoms with Crippen LogP contribution in [-0.4, -0.2) is 81.5 Å². The fraction of sp³-hybridized carbons (Fsp3) is 0.458. The molecule has 2 N–H and O–H groups in total. The van der Waals surface area contributed by atoms with Crippen LogP contribution in [0.25, 0.3) is 5.82 Å². The summed E-state index contributed by atoms with van der Waals surface area (Å²) in [5.74, 6) is 1.09. The number of hydrazine groups is 1. The van der Waals surface area contributed by atoms with Gasteiger partial charge in [0.15, 0.2) is 5.82 Å². The molecule has 0 radical (unpaired) electrons. The van der Waals surface area contributed by atoms with Crippen molar-refractivity contribution in [3.05, 3.63) is 42.7 Å². The second-order valence-electron chi connectivity index (χ2n) is 8.79. The Kier molecular flexibility index (Phi) is 7.42. The number of carbonyl (C=O) groups is 1. The number of ether oxygens (including phenoxy) is 2. The number of nitrogens with two attached hydrogens (primary N) is 1. The lowest BCUT2D eigenvalue weighted by Gasteiger charge is -2.37. The fourth-order valence-electron chi connectivity index (χ4n) is 4.59. The topological polar surface area (TPSA) is 128 Å². The van der Waals surface area contributed by atoms with E-state index >= 15 is 0 Å². The molecule has 0 amide bonds. The van der Waals surface area contributed by atoms with Gasteiger partial charge in [0.2, 0.25) is 12.3 Å². The maximum absolute atomic E-state index is 14.1. The molecule has 37 heavy (non-hydrogen) atoms. The van der Waals surface area contributed by atoms with Crippen molar-refractivity contribution in [2.24, 2.45) is 5.92 Å². The number of rotatable bonds is 7. The molecular formula is C24H30FN9O3. The Morgan fingerprint density at radius 1 is 1.22 bits per heavy atom. The van der Waals surface area contributed by atoms with Crippen molar-refractivity contribution < 1.29 is 18.7 Å². The number of benzene rings is 1. The van der Waals surface area contributed by atoms with Crippen molar-refractivity contribution in [2.75, 3.05) is 55.0 Å². The van der Waals surface area contributed by atoms with E-state index in [1.807, 2.05) is 35.2 Å². The number of carbonyl (C=O) groups excluding carboxylic acids is 1. The SMILES string of the molecule is CCOC(=O)C1CCCN(c2cc(-n3nc(N(c4ccccc4)N4CCOC(F)C4)nc3N)ncn2)C1. The van der Waals surface area contributed by atoms with Gasteiger partial charge in [-0.1, -0.05) is 18.2 Å². The number of halogens is 1. The summed E-state index contributed by atoms with van der Waals surface area (Å²) in [5.41, 5.74) is 7.04. The zero-order chi connectivity index (χ0) is 25.8. The van der Waals surface area contributed by atoms with E-state index in [4.69, 9.17) is 15.2 Å². The van der Waals surface area contributed by atoms with Crippen LogP contribution >= 0.6 is 0 Å². The van der Waals surface area contributed by atoms with Crippen LogP contribution in [0.3, 0.4) is 0 Å². The van der Waals surface area contributed by atoms with Crippen LogP contribution in [0.1, 0.15) is 19.8 Å². The summed E-state index contributed by atoms with van der Waals surface area (Å²) >= 11 is 0. The number of morpholine rings is 1. The van der Waals surface area contributed by atoms with Crippen LogP contribution in [0.2, 0.25) is 0 Å². The highest BCUT2D eigenvalue weighted by atomic mass is 19.1. The first-order valence-corrected chi connectivity index (χ1v) is 12.4. The van der Waals surface area contributed by atoms with E-state index in [1.54, 1.807) is 23.0 Å². The summed E-state index contributed by atoms with van der Waals surface area (Å²) in [6, 6.07) is 11.2. The number of esters is 1. The van der Waals surface area contributed by atoms with Gasteiger partial charge in [-0.25, -0.2) is 24.4 Å². The quantitative estimate of drug-likeness (QED) is 0.468. The molecular weight excluding hydrogens is 481 g/mol. The van der Waals surface area contributed by atoms with Gasteiger partial charge in [-0.15, -0.1) is 5.10 Å². The molecule has 2 unspecified atom stereocenters. The Morgan fingerprint density at radius 3 is 2.81 bits per heavy atom. The summed E-state index contributed by atoms with van der Waals surface area (Å²) in [5, 5.41) is 8.15. The lowest BCUT2D eigenvalue weighted by atomic mass is 9.98. The predicted molar refractivity (Wildman–Crippen MR) is 134 cm³/mol. The van der Waals surface area contributed by atoms with E-state index < -0.39 is 6.36 Å². The first-order valence-electron chi connectivity index (χ1n) is 12.4.